The van der Waals surface area contributed by atoms with Crippen LogP contribution in [0.4, 0.5) is 0 Å². The first-order chi connectivity index (χ1) is 7.70. The lowest BCUT2D eigenvalue weighted by molar-refractivity contribution is -0.927. The van der Waals surface area contributed by atoms with E-state index in [0.29, 0.717) is 0 Å². The van der Waals surface area contributed by atoms with Gasteiger partial charge < -0.3 is 14.4 Å². The van der Waals surface area contributed by atoms with E-state index in [4.69, 9.17) is 12.2 Å². The second kappa shape index (κ2) is 4.75. The van der Waals surface area contributed by atoms with Crippen LogP contribution in [0.1, 0.15) is 0 Å². The molecule has 0 bridgehead atoms. The van der Waals surface area contributed by atoms with E-state index in [1.54, 1.807) is 11.2 Å². The Kier molecular flexibility index (Phi) is 3.35. The molecule has 2 heterocycles. The molecule has 0 saturated carbocycles. The molecular weight excluding hydrogens is 226 g/mol. The fourth-order valence-electron chi connectivity index (χ4n) is 1.84. The van der Waals surface area contributed by atoms with Crippen molar-refractivity contribution < 1.29 is 9.69 Å². The molecule has 0 unspecified atom stereocenters. The molecule has 1 aromatic heterocycles. The van der Waals surface area contributed by atoms with E-state index in [9.17, 15) is 4.79 Å². The summed E-state index contributed by atoms with van der Waals surface area (Å²) in [6, 6.07) is 0. The number of amides is 1. The number of hydrogen-bond acceptors (Lipinski definition) is 3. The molecule has 16 heavy (non-hydrogen) atoms. The highest BCUT2D eigenvalue weighted by Gasteiger charge is 2.19. The summed E-state index contributed by atoms with van der Waals surface area (Å²) in [7, 11) is 1.89. The maximum absolute atomic E-state index is 10.6. The quantitative estimate of drug-likeness (QED) is 0.506. The molecule has 0 atom stereocenters. The first-order valence-electron chi connectivity index (χ1n) is 5.32. The minimum atomic E-state index is 0.741. The zero-order valence-corrected chi connectivity index (χ0v) is 10.1. The molecule has 0 spiro atoms. The molecule has 1 amide bonds. The van der Waals surface area contributed by atoms with E-state index >= 15 is 0 Å². The maximum Gasteiger partial charge on any atom is 0.210 e. The van der Waals surface area contributed by atoms with Crippen molar-refractivity contribution in [2.24, 2.45) is 7.05 Å². The molecule has 0 aromatic carbocycles. The Balaban J connectivity index is 1.94. The van der Waals surface area contributed by atoms with Gasteiger partial charge in [0.2, 0.25) is 11.2 Å². The summed E-state index contributed by atoms with van der Waals surface area (Å²) in [4.78, 5) is 13.8. The molecule has 1 aromatic rings. The van der Waals surface area contributed by atoms with Gasteiger partial charge in [-0.05, 0) is 12.2 Å². The second-order valence-corrected chi connectivity index (χ2v) is 4.44. The first kappa shape index (κ1) is 11.3. The zero-order valence-electron chi connectivity index (χ0n) is 9.30. The SMILES string of the molecule is Cn1cnn(C[NH+]2CCN(C=O)CC2)c1=S. The Morgan fingerprint density at radius 1 is 1.56 bits per heavy atom. The van der Waals surface area contributed by atoms with Crippen LogP contribution in [-0.2, 0) is 18.5 Å². The van der Waals surface area contributed by atoms with Crippen molar-refractivity contribution in [3.63, 3.8) is 0 Å². The molecule has 0 radical (unpaired) electrons. The number of nitrogens with zero attached hydrogens (tertiary/aromatic N) is 4. The van der Waals surface area contributed by atoms with E-state index in [-0.39, 0.29) is 0 Å². The predicted octanol–water partition coefficient (Wildman–Crippen LogP) is -1.73. The molecule has 2 rings (SSSR count). The zero-order chi connectivity index (χ0) is 11.5. The fraction of sp³-hybridized carbons (Fsp3) is 0.667. The lowest BCUT2D eigenvalue weighted by atomic mass is 10.3. The molecule has 1 fully saturated rings. The van der Waals surface area contributed by atoms with Crippen LogP contribution >= 0.6 is 12.2 Å². The average molecular weight is 242 g/mol. The van der Waals surface area contributed by atoms with Gasteiger partial charge in [0.15, 0.2) is 6.67 Å². The van der Waals surface area contributed by atoms with Crippen LogP contribution in [0.2, 0.25) is 0 Å². The van der Waals surface area contributed by atoms with Gasteiger partial charge in [-0.1, -0.05) is 0 Å². The standard InChI is InChI=1S/C9H15N5OS/c1-11-6-10-14(9(11)16)7-12-2-4-13(8-15)5-3-12/h6,8H,2-5,7H2,1H3/p+1. The molecule has 7 heteroatoms. The Bertz CT molecular complexity index is 418. The van der Waals surface area contributed by atoms with E-state index in [1.807, 2.05) is 16.3 Å². The smallest absolute Gasteiger partial charge is 0.210 e. The van der Waals surface area contributed by atoms with Crippen molar-refractivity contribution in [3.8, 4) is 0 Å². The number of quaternary nitrogens is 1. The van der Waals surface area contributed by atoms with Gasteiger partial charge in [0.05, 0.1) is 26.2 Å². The van der Waals surface area contributed by atoms with Gasteiger partial charge in [0, 0.05) is 7.05 Å². The van der Waals surface area contributed by atoms with E-state index < -0.39 is 0 Å². The van der Waals surface area contributed by atoms with Gasteiger partial charge in [-0.15, -0.1) is 0 Å². The molecule has 1 N–H and O–H groups in total. The average Bonchev–Trinajstić information content (AvgIpc) is 2.62. The van der Waals surface area contributed by atoms with Gasteiger partial charge in [0.25, 0.3) is 0 Å². The third-order valence-corrected chi connectivity index (χ3v) is 3.41. The number of hydrogen-bond donors (Lipinski definition) is 1. The number of aryl methyl sites for hydroxylation is 1. The van der Waals surface area contributed by atoms with Crippen LogP contribution in [0.5, 0.6) is 0 Å². The molecule has 88 valence electrons. The van der Waals surface area contributed by atoms with Crippen molar-refractivity contribution in [2.45, 2.75) is 6.67 Å². The van der Waals surface area contributed by atoms with Crippen LogP contribution in [-0.4, -0.2) is 51.8 Å². The van der Waals surface area contributed by atoms with Crippen molar-refractivity contribution in [2.75, 3.05) is 26.2 Å². The summed E-state index contributed by atoms with van der Waals surface area (Å²) in [5.74, 6) is 0. The highest BCUT2D eigenvalue weighted by Crippen LogP contribution is 1.88. The Morgan fingerprint density at radius 2 is 2.25 bits per heavy atom. The highest BCUT2D eigenvalue weighted by molar-refractivity contribution is 7.71. The summed E-state index contributed by atoms with van der Waals surface area (Å²) in [6.45, 7) is 4.33. The molecule has 0 aliphatic carbocycles. The Morgan fingerprint density at radius 3 is 2.75 bits per heavy atom. The number of carbonyl (C=O) groups excluding carboxylic acids is 1. The number of piperazine rings is 1. The van der Waals surface area contributed by atoms with Crippen molar-refractivity contribution in [3.05, 3.63) is 11.1 Å². The lowest BCUT2D eigenvalue weighted by Crippen LogP contribution is -3.14. The van der Waals surface area contributed by atoms with Gasteiger partial charge >= 0.3 is 0 Å². The summed E-state index contributed by atoms with van der Waals surface area (Å²) < 4.78 is 4.41. The van der Waals surface area contributed by atoms with Crippen LogP contribution in [0.25, 0.3) is 0 Å². The normalized spacial score (nSPS) is 17.7. The maximum atomic E-state index is 10.6. The minimum Gasteiger partial charge on any atom is -0.334 e. The molecule has 1 aliphatic heterocycles. The molecule has 1 aliphatic rings. The van der Waals surface area contributed by atoms with E-state index in [1.165, 1.54) is 4.90 Å². The van der Waals surface area contributed by atoms with Crippen molar-refractivity contribution in [1.82, 2.24) is 19.2 Å². The number of rotatable bonds is 3. The summed E-state index contributed by atoms with van der Waals surface area (Å²) in [5, 5.41) is 4.22. The lowest BCUT2D eigenvalue weighted by Gasteiger charge is -2.29. The van der Waals surface area contributed by atoms with Crippen molar-refractivity contribution in [1.29, 1.82) is 0 Å². The largest absolute Gasteiger partial charge is 0.334 e. The van der Waals surface area contributed by atoms with Gasteiger partial charge in [0.1, 0.15) is 6.33 Å². The van der Waals surface area contributed by atoms with E-state index in [2.05, 4.69) is 5.10 Å². The number of nitrogens with one attached hydrogen (secondary N) is 1. The van der Waals surface area contributed by atoms with Gasteiger partial charge in [-0.2, -0.15) is 9.78 Å². The first-order valence-corrected chi connectivity index (χ1v) is 5.73. The van der Waals surface area contributed by atoms with Crippen LogP contribution < -0.4 is 4.90 Å². The number of aromatic nitrogens is 3. The topological polar surface area (TPSA) is 47.5 Å². The fourth-order valence-corrected chi connectivity index (χ4v) is 2.00. The monoisotopic (exact) mass is 242 g/mol. The second-order valence-electron chi connectivity index (χ2n) is 4.07. The van der Waals surface area contributed by atoms with Crippen LogP contribution in [0.3, 0.4) is 0 Å². The van der Waals surface area contributed by atoms with E-state index in [0.717, 1.165) is 44.0 Å². The van der Waals surface area contributed by atoms with Gasteiger partial charge in [-0.25, -0.2) is 0 Å². The molecular formula is C9H16N5OS+. The minimum absolute atomic E-state index is 0.741. The summed E-state index contributed by atoms with van der Waals surface area (Å²) in [5.41, 5.74) is 0. The van der Waals surface area contributed by atoms with Gasteiger partial charge in [-0.3, -0.25) is 4.79 Å². The Hall–Kier alpha value is -1.21. The van der Waals surface area contributed by atoms with Crippen LogP contribution in [0, 0.1) is 4.77 Å². The van der Waals surface area contributed by atoms with Crippen molar-refractivity contribution >= 4 is 18.6 Å². The summed E-state index contributed by atoms with van der Waals surface area (Å²) in [6.07, 6.45) is 2.65. The third kappa shape index (κ3) is 2.30. The number of carbonyl (C=O) groups is 1. The highest BCUT2D eigenvalue weighted by atomic mass is 32.1. The Labute approximate surface area is 99.1 Å². The molecule has 6 nitrogen and oxygen atoms in total. The van der Waals surface area contributed by atoms with Crippen LogP contribution in [0.15, 0.2) is 6.33 Å². The third-order valence-electron chi connectivity index (χ3n) is 2.91. The predicted molar refractivity (Wildman–Crippen MR) is 60.4 cm³/mol. The summed E-state index contributed by atoms with van der Waals surface area (Å²) >= 11 is 5.22. The molecule has 1 saturated heterocycles.